The number of carbonyl (C=O) groups is 1. The van der Waals surface area contributed by atoms with E-state index in [2.05, 4.69) is 0 Å². The Kier molecular flexibility index (Phi) is 8.08. The standard InChI is InChI=1S/C10H21NO9/c12-1-5(16)6(17)7(18)8(19)9(20)11-10(2-13,3-14)4-15/h5-8,12-19H,1-4H2,(H,11,20)/t5-,6-,7+,8-/m1/s1. The van der Waals surface area contributed by atoms with Crippen molar-refractivity contribution in [2.45, 2.75) is 30.0 Å². The van der Waals surface area contributed by atoms with Crippen molar-refractivity contribution in [3.63, 3.8) is 0 Å². The van der Waals surface area contributed by atoms with Gasteiger partial charge >= 0.3 is 0 Å². The summed E-state index contributed by atoms with van der Waals surface area (Å²) in [6, 6.07) is 0. The van der Waals surface area contributed by atoms with Crippen LogP contribution in [0, 0.1) is 0 Å². The largest absolute Gasteiger partial charge is 0.394 e. The zero-order valence-corrected chi connectivity index (χ0v) is 10.6. The van der Waals surface area contributed by atoms with Gasteiger partial charge < -0.3 is 46.2 Å². The van der Waals surface area contributed by atoms with Crippen LogP contribution in [0.3, 0.4) is 0 Å². The molecule has 0 radical (unpaired) electrons. The zero-order chi connectivity index (χ0) is 15.9. The van der Waals surface area contributed by atoms with Gasteiger partial charge in [-0.15, -0.1) is 0 Å². The Labute approximate surface area is 114 Å². The number of hydrogen-bond donors (Lipinski definition) is 9. The first kappa shape index (κ1) is 19.1. The van der Waals surface area contributed by atoms with Crippen molar-refractivity contribution in [2.24, 2.45) is 0 Å². The van der Waals surface area contributed by atoms with Gasteiger partial charge in [0.25, 0.3) is 5.91 Å². The molecule has 4 atom stereocenters. The van der Waals surface area contributed by atoms with Crippen LogP contribution < -0.4 is 5.32 Å². The smallest absolute Gasteiger partial charge is 0.252 e. The van der Waals surface area contributed by atoms with Gasteiger partial charge in [0.1, 0.15) is 23.9 Å². The van der Waals surface area contributed by atoms with E-state index in [1.54, 1.807) is 0 Å². The fourth-order valence-electron chi connectivity index (χ4n) is 1.28. The molecule has 10 heteroatoms. The van der Waals surface area contributed by atoms with Crippen molar-refractivity contribution in [1.29, 1.82) is 0 Å². The summed E-state index contributed by atoms with van der Waals surface area (Å²) in [5, 5.41) is 74.8. The van der Waals surface area contributed by atoms with Gasteiger partial charge in [0.05, 0.1) is 26.4 Å². The average Bonchev–Trinajstić information content (AvgIpc) is 2.49. The number of nitrogens with one attached hydrogen (secondary N) is 1. The highest BCUT2D eigenvalue weighted by Crippen LogP contribution is 2.08. The number of rotatable bonds is 9. The molecule has 0 saturated carbocycles. The maximum Gasteiger partial charge on any atom is 0.252 e. The van der Waals surface area contributed by atoms with Crippen LogP contribution in [0.25, 0.3) is 0 Å². The van der Waals surface area contributed by atoms with Gasteiger partial charge in [-0.3, -0.25) is 4.79 Å². The van der Waals surface area contributed by atoms with Crippen LogP contribution in [0.4, 0.5) is 0 Å². The molecule has 0 aromatic carbocycles. The molecule has 9 N–H and O–H groups in total. The summed E-state index contributed by atoms with van der Waals surface area (Å²) >= 11 is 0. The lowest BCUT2D eigenvalue weighted by Gasteiger charge is -2.31. The molecular formula is C10H21NO9. The first-order valence-corrected chi connectivity index (χ1v) is 5.76. The molecule has 0 fully saturated rings. The number of carbonyl (C=O) groups excluding carboxylic acids is 1. The molecule has 10 nitrogen and oxygen atoms in total. The Morgan fingerprint density at radius 2 is 1.35 bits per heavy atom. The fraction of sp³-hybridized carbons (Fsp3) is 0.900. The zero-order valence-electron chi connectivity index (χ0n) is 10.6. The first-order chi connectivity index (χ1) is 9.28. The summed E-state index contributed by atoms with van der Waals surface area (Å²) in [5.41, 5.74) is -1.81. The molecule has 0 aromatic rings. The average molecular weight is 299 g/mol. The Bertz CT molecular complexity index is 288. The molecular weight excluding hydrogens is 278 g/mol. The highest BCUT2D eigenvalue weighted by atomic mass is 16.4. The van der Waals surface area contributed by atoms with Gasteiger partial charge in [-0.1, -0.05) is 0 Å². The molecule has 20 heavy (non-hydrogen) atoms. The van der Waals surface area contributed by atoms with Crippen LogP contribution in [-0.4, -0.2) is 103 Å². The summed E-state index contributed by atoms with van der Waals surface area (Å²) in [6.45, 7) is -3.41. The summed E-state index contributed by atoms with van der Waals surface area (Å²) in [5.74, 6) is -1.29. The molecule has 0 rings (SSSR count). The number of hydrogen-bond acceptors (Lipinski definition) is 9. The van der Waals surface area contributed by atoms with E-state index in [0.29, 0.717) is 0 Å². The molecule has 0 spiro atoms. The van der Waals surface area contributed by atoms with Crippen LogP contribution in [0.1, 0.15) is 0 Å². The molecule has 0 unspecified atom stereocenters. The second-order valence-corrected chi connectivity index (χ2v) is 4.42. The third-order valence-corrected chi connectivity index (χ3v) is 2.82. The van der Waals surface area contributed by atoms with Crippen molar-refractivity contribution < 1.29 is 45.6 Å². The van der Waals surface area contributed by atoms with E-state index in [9.17, 15) is 20.1 Å². The van der Waals surface area contributed by atoms with Crippen molar-refractivity contribution in [1.82, 2.24) is 5.32 Å². The monoisotopic (exact) mass is 299 g/mol. The topological polar surface area (TPSA) is 191 Å². The molecule has 0 bridgehead atoms. The Morgan fingerprint density at radius 3 is 1.70 bits per heavy atom. The van der Waals surface area contributed by atoms with Gasteiger partial charge in [0.15, 0.2) is 6.10 Å². The molecule has 1 amide bonds. The first-order valence-electron chi connectivity index (χ1n) is 5.76. The second kappa shape index (κ2) is 8.44. The van der Waals surface area contributed by atoms with Crippen molar-refractivity contribution in [2.75, 3.05) is 26.4 Å². The normalized spacial score (nSPS) is 18.2. The predicted molar refractivity (Wildman–Crippen MR) is 63.2 cm³/mol. The molecule has 0 heterocycles. The van der Waals surface area contributed by atoms with E-state index >= 15 is 0 Å². The fourth-order valence-corrected chi connectivity index (χ4v) is 1.28. The minimum atomic E-state index is -2.21. The van der Waals surface area contributed by atoms with Gasteiger partial charge in [-0.2, -0.15) is 0 Å². The summed E-state index contributed by atoms with van der Waals surface area (Å²) in [6.07, 6.45) is -8.10. The maximum atomic E-state index is 11.6. The highest BCUT2D eigenvalue weighted by Gasteiger charge is 2.38. The van der Waals surface area contributed by atoms with Crippen molar-refractivity contribution in [3.05, 3.63) is 0 Å². The second-order valence-electron chi connectivity index (χ2n) is 4.42. The van der Waals surface area contributed by atoms with Crippen molar-refractivity contribution >= 4 is 5.91 Å². The lowest BCUT2D eigenvalue weighted by atomic mass is 9.99. The number of aliphatic hydroxyl groups excluding tert-OH is 8. The third-order valence-electron chi connectivity index (χ3n) is 2.82. The van der Waals surface area contributed by atoms with Gasteiger partial charge in [-0.05, 0) is 0 Å². The van der Waals surface area contributed by atoms with Gasteiger partial charge in [0, 0.05) is 0 Å². The quantitative estimate of drug-likeness (QED) is 0.199. The van der Waals surface area contributed by atoms with Crippen LogP contribution >= 0.6 is 0 Å². The van der Waals surface area contributed by atoms with E-state index in [1.807, 2.05) is 5.32 Å². The maximum absolute atomic E-state index is 11.6. The van der Waals surface area contributed by atoms with Crippen LogP contribution in [0.15, 0.2) is 0 Å². The number of aliphatic hydroxyl groups is 8. The molecule has 0 aliphatic heterocycles. The highest BCUT2D eigenvalue weighted by molar-refractivity contribution is 5.82. The molecule has 0 saturated heterocycles. The van der Waals surface area contributed by atoms with E-state index in [0.717, 1.165) is 0 Å². The summed E-state index contributed by atoms with van der Waals surface area (Å²) in [4.78, 5) is 11.6. The number of amides is 1. The summed E-state index contributed by atoms with van der Waals surface area (Å²) in [7, 11) is 0. The minimum Gasteiger partial charge on any atom is -0.394 e. The predicted octanol–water partition coefficient (Wildman–Crippen LogP) is -5.75. The van der Waals surface area contributed by atoms with E-state index in [1.165, 1.54) is 0 Å². The van der Waals surface area contributed by atoms with Gasteiger partial charge in [-0.25, -0.2) is 0 Å². The molecule has 0 aromatic heterocycles. The summed E-state index contributed by atoms with van der Waals surface area (Å²) < 4.78 is 0. The SMILES string of the molecule is O=C(NC(CO)(CO)CO)[C@H](O)[C@@H](O)[C@H](O)[C@H](O)CO. The lowest BCUT2D eigenvalue weighted by Crippen LogP contribution is -2.61. The van der Waals surface area contributed by atoms with Crippen LogP contribution in [0.5, 0.6) is 0 Å². The van der Waals surface area contributed by atoms with E-state index < -0.39 is 62.3 Å². The van der Waals surface area contributed by atoms with Gasteiger partial charge in [0.2, 0.25) is 0 Å². The Hall–Kier alpha value is -0.850. The van der Waals surface area contributed by atoms with E-state index in [4.69, 9.17) is 25.5 Å². The third kappa shape index (κ3) is 4.61. The molecule has 0 aliphatic carbocycles. The lowest BCUT2D eigenvalue weighted by molar-refractivity contribution is -0.152. The molecule has 0 aliphatic rings. The van der Waals surface area contributed by atoms with E-state index in [-0.39, 0.29) is 0 Å². The molecule has 120 valence electrons. The Morgan fingerprint density at radius 1 is 0.900 bits per heavy atom. The van der Waals surface area contributed by atoms with Crippen LogP contribution in [-0.2, 0) is 4.79 Å². The Balaban J connectivity index is 4.77. The van der Waals surface area contributed by atoms with Crippen molar-refractivity contribution in [3.8, 4) is 0 Å². The van der Waals surface area contributed by atoms with Crippen LogP contribution in [0.2, 0.25) is 0 Å². The minimum absolute atomic E-state index is 0.837.